The van der Waals surface area contributed by atoms with Crippen molar-refractivity contribution in [2.75, 3.05) is 11.9 Å². The number of rotatable bonds is 6. The van der Waals surface area contributed by atoms with E-state index in [9.17, 15) is 14.4 Å². The van der Waals surface area contributed by atoms with Gasteiger partial charge in [0, 0.05) is 30.0 Å². The molecule has 0 fully saturated rings. The van der Waals surface area contributed by atoms with Crippen molar-refractivity contribution in [1.29, 1.82) is 0 Å². The molecule has 0 unspecified atom stereocenters. The molecule has 1 heterocycles. The number of halogens is 1. The summed E-state index contributed by atoms with van der Waals surface area (Å²) in [6.07, 6.45) is 0.0569. The van der Waals surface area contributed by atoms with Gasteiger partial charge >= 0.3 is 0 Å². The van der Waals surface area contributed by atoms with Crippen LogP contribution in [0, 0.1) is 6.92 Å². The van der Waals surface area contributed by atoms with Gasteiger partial charge in [-0.15, -0.1) is 0 Å². The van der Waals surface area contributed by atoms with E-state index in [0.29, 0.717) is 16.9 Å². The van der Waals surface area contributed by atoms with Crippen LogP contribution in [-0.4, -0.2) is 27.7 Å². The lowest BCUT2D eigenvalue weighted by molar-refractivity contribution is -0.116. The Hall–Kier alpha value is -3.13. The summed E-state index contributed by atoms with van der Waals surface area (Å²) >= 11 is 3.32. The molecule has 0 aliphatic rings. The molecule has 150 valence electrons. The number of carbonyl (C=O) groups excluding carboxylic acids is 2. The first-order valence-corrected chi connectivity index (χ1v) is 9.85. The van der Waals surface area contributed by atoms with Gasteiger partial charge in [0.2, 0.25) is 5.91 Å². The molecule has 3 rings (SSSR count). The number of benzene rings is 2. The number of hydrogen-bond donors (Lipinski definition) is 2. The third-order valence-electron chi connectivity index (χ3n) is 4.56. The number of amides is 2. The highest BCUT2D eigenvalue weighted by Crippen LogP contribution is 2.14. The SMILES string of the molecule is Cc1c(NC(=O)CCNC(=O)c2ccc(Br)cc2)c(=O)n(-c2ccccc2)n1C. The maximum absolute atomic E-state index is 12.8. The summed E-state index contributed by atoms with van der Waals surface area (Å²) in [6.45, 7) is 1.94. The van der Waals surface area contributed by atoms with Gasteiger partial charge < -0.3 is 10.6 Å². The average Bonchev–Trinajstić information content (AvgIpc) is 2.92. The highest BCUT2D eigenvalue weighted by Gasteiger charge is 2.18. The first kappa shape index (κ1) is 20.6. The van der Waals surface area contributed by atoms with Crippen LogP contribution in [0.4, 0.5) is 5.69 Å². The maximum Gasteiger partial charge on any atom is 0.295 e. The van der Waals surface area contributed by atoms with Crippen LogP contribution < -0.4 is 16.2 Å². The van der Waals surface area contributed by atoms with Crippen LogP contribution in [0.5, 0.6) is 0 Å². The van der Waals surface area contributed by atoms with Crippen molar-refractivity contribution < 1.29 is 9.59 Å². The standard InChI is InChI=1S/C21H21BrN4O3/c1-14-19(21(29)26(25(14)2)17-6-4-3-5-7-17)24-18(27)12-13-23-20(28)15-8-10-16(22)11-9-15/h3-11H,12-13H2,1-2H3,(H,23,28)(H,24,27). The summed E-state index contributed by atoms with van der Waals surface area (Å²) in [5.74, 6) is -0.597. The molecule has 0 atom stereocenters. The minimum atomic E-state index is -0.341. The smallest absolute Gasteiger partial charge is 0.295 e. The first-order chi connectivity index (χ1) is 13.9. The van der Waals surface area contributed by atoms with Gasteiger partial charge in [-0.05, 0) is 43.3 Å². The van der Waals surface area contributed by atoms with E-state index < -0.39 is 0 Å². The van der Waals surface area contributed by atoms with Gasteiger partial charge in [-0.1, -0.05) is 34.1 Å². The van der Waals surface area contributed by atoms with Crippen molar-refractivity contribution in [3.63, 3.8) is 0 Å². The lowest BCUT2D eigenvalue weighted by Gasteiger charge is -2.07. The monoisotopic (exact) mass is 456 g/mol. The molecule has 2 amide bonds. The molecule has 0 saturated heterocycles. The molecule has 8 heteroatoms. The highest BCUT2D eigenvalue weighted by atomic mass is 79.9. The summed E-state index contributed by atoms with van der Waals surface area (Å²) in [6, 6.07) is 16.1. The van der Waals surface area contributed by atoms with Crippen LogP contribution in [0.2, 0.25) is 0 Å². The van der Waals surface area contributed by atoms with E-state index in [-0.39, 0.29) is 36.0 Å². The van der Waals surface area contributed by atoms with Crippen LogP contribution in [0.3, 0.4) is 0 Å². The largest absolute Gasteiger partial charge is 0.352 e. The van der Waals surface area contributed by atoms with E-state index in [1.807, 2.05) is 30.3 Å². The molecule has 1 aromatic heterocycles. The summed E-state index contributed by atoms with van der Waals surface area (Å²) in [5, 5.41) is 5.38. The Balaban J connectivity index is 1.63. The molecule has 0 radical (unpaired) electrons. The maximum atomic E-state index is 12.8. The zero-order chi connectivity index (χ0) is 21.0. The van der Waals surface area contributed by atoms with E-state index >= 15 is 0 Å². The van der Waals surface area contributed by atoms with Gasteiger partial charge in [0.15, 0.2) is 0 Å². The third kappa shape index (κ3) is 4.65. The first-order valence-electron chi connectivity index (χ1n) is 9.06. The lowest BCUT2D eigenvalue weighted by Crippen LogP contribution is -2.28. The van der Waals surface area contributed by atoms with E-state index in [1.54, 1.807) is 42.9 Å². The Kier molecular flexibility index (Phi) is 6.33. The van der Waals surface area contributed by atoms with Gasteiger partial charge in [-0.3, -0.25) is 19.1 Å². The minimum Gasteiger partial charge on any atom is -0.352 e. The molecule has 3 aromatic rings. The van der Waals surface area contributed by atoms with Crippen molar-refractivity contribution in [3.05, 3.63) is 80.7 Å². The Labute approximate surface area is 176 Å². The molecular formula is C21H21BrN4O3. The number of nitrogens with zero attached hydrogens (tertiary/aromatic N) is 2. The quantitative estimate of drug-likeness (QED) is 0.597. The third-order valence-corrected chi connectivity index (χ3v) is 5.09. The van der Waals surface area contributed by atoms with Crippen LogP contribution >= 0.6 is 15.9 Å². The summed E-state index contributed by atoms with van der Waals surface area (Å²) in [7, 11) is 1.76. The van der Waals surface area contributed by atoms with Gasteiger partial charge in [0.25, 0.3) is 11.5 Å². The molecular weight excluding hydrogens is 436 g/mol. The molecule has 2 aromatic carbocycles. The number of hydrogen-bond acceptors (Lipinski definition) is 3. The molecule has 0 aliphatic heterocycles. The number of aromatic nitrogens is 2. The average molecular weight is 457 g/mol. The van der Waals surface area contributed by atoms with Crippen molar-refractivity contribution in [2.45, 2.75) is 13.3 Å². The van der Waals surface area contributed by atoms with Crippen LogP contribution in [0.1, 0.15) is 22.5 Å². The molecule has 29 heavy (non-hydrogen) atoms. The van der Waals surface area contributed by atoms with Crippen LogP contribution in [0.25, 0.3) is 5.69 Å². The van der Waals surface area contributed by atoms with Gasteiger partial charge in [0.05, 0.1) is 11.4 Å². The predicted molar refractivity (Wildman–Crippen MR) is 115 cm³/mol. The second kappa shape index (κ2) is 8.91. The normalized spacial score (nSPS) is 10.6. The Morgan fingerprint density at radius 3 is 2.34 bits per heavy atom. The zero-order valence-corrected chi connectivity index (χ0v) is 17.7. The zero-order valence-electron chi connectivity index (χ0n) is 16.1. The van der Waals surface area contributed by atoms with Crippen LogP contribution in [0.15, 0.2) is 63.9 Å². The number of carbonyl (C=O) groups is 2. The molecule has 0 aliphatic carbocycles. The van der Waals surface area contributed by atoms with Gasteiger partial charge in [-0.2, -0.15) is 0 Å². The summed E-state index contributed by atoms with van der Waals surface area (Å²) < 4.78 is 4.08. The molecule has 2 N–H and O–H groups in total. The van der Waals surface area contributed by atoms with Crippen molar-refractivity contribution in [3.8, 4) is 5.69 Å². The number of para-hydroxylation sites is 1. The van der Waals surface area contributed by atoms with Crippen molar-refractivity contribution in [1.82, 2.24) is 14.7 Å². The Morgan fingerprint density at radius 1 is 1.03 bits per heavy atom. The van der Waals surface area contributed by atoms with Gasteiger partial charge in [-0.25, -0.2) is 4.68 Å². The van der Waals surface area contributed by atoms with E-state index in [4.69, 9.17) is 0 Å². The van der Waals surface area contributed by atoms with E-state index in [0.717, 1.165) is 4.47 Å². The minimum absolute atomic E-state index is 0.0569. The molecule has 0 saturated carbocycles. The van der Waals surface area contributed by atoms with Crippen molar-refractivity contribution >= 4 is 33.4 Å². The van der Waals surface area contributed by atoms with E-state index in [1.165, 1.54) is 4.68 Å². The Morgan fingerprint density at radius 2 is 1.69 bits per heavy atom. The molecule has 7 nitrogen and oxygen atoms in total. The summed E-state index contributed by atoms with van der Waals surface area (Å²) in [4.78, 5) is 37.2. The van der Waals surface area contributed by atoms with Gasteiger partial charge in [0.1, 0.15) is 5.69 Å². The fourth-order valence-corrected chi connectivity index (χ4v) is 3.17. The second-order valence-electron chi connectivity index (χ2n) is 6.50. The fraction of sp³-hybridized carbons (Fsp3) is 0.190. The van der Waals surface area contributed by atoms with Crippen molar-refractivity contribution in [2.24, 2.45) is 7.05 Å². The lowest BCUT2D eigenvalue weighted by atomic mass is 10.2. The second-order valence-corrected chi connectivity index (χ2v) is 7.41. The fourth-order valence-electron chi connectivity index (χ4n) is 2.91. The Bertz CT molecular complexity index is 1090. The number of nitrogens with one attached hydrogen (secondary N) is 2. The topological polar surface area (TPSA) is 85.1 Å². The molecule has 0 spiro atoms. The van der Waals surface area contributed by atoms with E-state index in [2.05, 4.69) is 26.6 Å². The summed E-state index contributed by atoms with van der Waals surface area (Å²) in [5.41, 5.74) is 1.80. The molecule has 0 bridgehead atoms. The van der Waals surface area contributed by atoms with Crippen LogP contribution in [-0.2, 0) is 11.8 Å². The number of anilines is 1. The predicted octanol–water partition coefficient (Wildman–Crippen LogP) is 3.01. The highest BCUT2D eigenvalue weighted by molar-refractivity contribution is 9.10.